The normalized spacial score (nSPS) is 8.50. The Hall–Kier alpha value is 0.0500. The van der Waals surface area contributed by atoms with Gasteiger partial charge in [0.15, 0.2) is 0 Å². The molecule has 0 amide bonds. The molecule has 0 saturated heterocycles. The lowest BCUT2D eigenvalue weighted by Crippen LogP contribution is -1.95. The molecule has 0 aliphatic carbocycles. The SMILES string of the molecule is CC(Cl)Cl.CCCCCC.CCOC(C)=O. The van der Waals surface area contributed by atoms with E-state index in [9.17, 15) is 4.79 Å². The van der Waals surface area contributed by atoms with Crippen molar-refractivity contribution in [3.05, 3.63) is 0 Å². The first kappa shape index (κ1) is 21.3. The van der Waals surface area contributed by atoms with Gasteiger partial charge in [0.1, 0.15) is 4.84 Å². The molecule has 0 bridgehead atoms. The van der Waals surface area contributed by atoms with E-state index in [1.807, 2.05) is 0 Å². The standard InChI is InChI=1S/C6H14.C4H8O2.C2H4Cl2/c1-3-5-6-4-2;1-3-6-4(2)5;1-2(3)4/h3-6H2,1-2H3;3H2,1-2H3;2H,1H3. The Bertz CT molecular complexity index is 121. The molecule has 0 spiro atoms. The molecular formula is C12H26Cl2O2. The quantitative estimate of drug-likeness (QED) is 0.411. The van der Waals surface area contributed by atoms with Crippen LogP contribution in [0.1, 0.15) is 60.3 Å². The summed E-state index contributed by atoms with van der Waals surface area (Å²) >= 11 is 10.1. The van der Waals surface area contributed by atoms with Gasteiger partial charge in [0.05, 0.1) is 6.61 Å². The van der Waals surface area contributed by atoms with Crippen molar-refractivity contribution in [1.82, 2.24) is 0 Å². The number of halogens is 2. The van der Waals surface area contributed by atoms with Crippen LogP contribution in [0.5, 0.6) is 0 Å². The number of esters is 1. The lowest BCUT2D eigenvalue weighted by molar-refractivity contribution is -0.140. The Balaban J connectivity index is -0.000000162. The molecule has 0 aliphatic rings. The van der Waals surface area contributed by atoms with E-state index in [-0.39, 0.29) is 10.8 Å². The highest BCUT2D eigenvalue weighted by molar-refractivity contribution is 6.43. The number of unbranched alkanes of at least 4 members (excludes halogenated alkanes) is 3. The number of ether oxygens (including phenoxy) is 1. The van der Waals surface area contributed by atoms with Gasteiger partial charge >= 0.3 is 5.97 Å². The van der Waals surface area contributed by atoms with Crippen LogP contribution >= 0.6 is 23.2 Å². The Kier molecular flexibility index (Phi) is 27.3. The number of hydrogen-bond acceptors (Lipinski definition) is 2. The van der Waals surface area contributed by atoms with E-state index in [1.54, 1.807) is 13.8 Å². The number of hydrogen-bond donors (Lipinski definition) is 0. The summed E-state index contributed by atoms with van der Waals surface area (Å²) in [6.45, 7) is 9.81. The summed E-state index contributed by atoms with van der Waals surface area (Å²) in [5.41, 5.74) is 0. The Morgan fingerprint density at radius 1 is 1.12 bits per heavy atom. The minimum absolute atomic E-state index is 0.211. The third-order valence-corrected chi connectivity index (χ3v) is 1.30. The molecule has 0 aliphatic heterocycles. The van der Waals surface area contributed by atoms with Crippen molar-refractivity contribution in [3.63, 3.8) is 0 Å². The molecule has 0 aromatic carbocycles. The smallest absolute Gasteiger partial charge is 0.302 e. The maximum Gasteiger partial charge on any atom is 0.302 e. The summed E-state index contributed by atoms with van der Waals surface area (Å²) in [7, 11) is 0. The van der Waals surface area contributed by atoms with Crippen LogP contribution in [0.3, 0.4) is 0 Å². The first-order valence-electron chi connectivity index (χ1n) is 5.83. The highest BCUT2D eigenvalue weighted by Gasteiger charge is 1.81. The van der Waals surface area contributed by atoms with Gasteiger partial charge in [-0.3, -0.25) is 4.79 Å². The minimum Gasteiger partial charge on any atom is -0.466 e. The molecule has 0 rings (SSSR count). The van der Waals surface area contributed by atoms with Gasteiger partial charge in [-0.05, 0) is 13.8 Å². The van der Waals surface area contributed by atoms with Crippen molar-refractivity contribution in [1.29, 1.82) is 0 Å². The molecule has 0 unspecified atom stereocenters. The minimum atomic E-state index is -0.222. The highest BCUT2D eigenvalue weighted by atomic mass is 35.5. The average molecular weight is 273 g/mol. The van der Waals surface area contributed by atoms with Crippen molar-refractivity contribution < 1.29 is 9.53 Å². The van der Waals surface area contributed by atoms with Crippen molar-refractivity contribution >= 4 is 29.2 Å². The van der Waals surface area contributed by atoms with Crippen LogP contribution in [0.25, 0.3) is 0 Å². The molecule has 0 aromatic rings. The lowest BCUT2D eigenvalue weighted by Gasteiger charge is -1.89. The first-order chi connectivity index (χ1) is 7.42. The van der Waals surface area contributed by atoms with E-state index < -0.39 is 0 Å². The van der Waals surface area contributed by atoms with Gasteiger partial charge in [-0.15, -0.1) is 23.2 Å². The first-order valence-corrected chi connectivity index (χ1v) is 6.70. The molecule has 0 saturated carbocycles. The van der Waals surface area contributed by atoms with Gasteiger partial charge in [-0.2, -0.15) is 0 Å². The van der Waals surface area contributed by atoms with Crippen LogP contribution in [-0.4, -0.2) is 17.4 Å². The van der Waals surface area contributed by atoms with E-state index in [0.717, 1.165) is 0 Å². The van der Waals surface area contributed by atoms with Crippen LogP contribution in [0.4, 0.5) is 0 Å². The summed E-state index contributed by atoms with van der Waals surface area (Å²) in [4.78, 5) is 9.60. The second kappa shape index (κ2) is 20.5. The number of rotatable bonds is 4. The second-order valence-corrected chi connectivity index (χ2v) is 4.68. The molecule has 2 nitrogen and oxygen atoms in total. The van der Waals surface area contributed by atoms with Crippen LogP contribution < -0.4 is 0 Å². The topological polar surface area (TPSA) is 26.3 Å². The van der Waals surface area contributed by atoms with Crippen LogP contribution in [-0.2, 0) is 9.53 Å². The maximum absolute atomic E-state index is 9.82. The zero-order chi connectivity index (χ0) is 13.4. The van der Waals surface area contributed by atoms with E-state index >= 15 is 0 Å². The molecule has 4 heteroatoms. The van der Waals surface area contributed by atoms with Gasteiger partial charge in [-0.1, -0.05) is 39.5 Å². The predicted molar refractivity (Wildman–Crippen MR) is 73.3 cm³/mol. The zero-order valence-corrected chi connectivity index (χ0v) is 12.7. The van der Waals surface area contributed by atoms with Gasteiger partial charge < -0.3 is 4.74 Å². The van der Waals surface area contributed by atoms with Gasteiger partial charge in [0.2, 0.25) is 0 Å². The number of carbonyl (C=O) groups is 1. The number of alkyl halides is 2. The molecule has 0 radical (unpaired) electrons. The third kappa shape index (κ3) is 65.4. The third-order valence-electron chi connectivity index (χ3n) is 1.30. The molecule has 0 atom stereocenters. The fourth-order valence-electron chi connectivity index (χ4n) is 0.703. The fourth-order valence-corrected chi connectivity index (χ4v) is 0.703. The van der Waals surface area contributed by atoms with E-state index in [4.69, 9.17) is 23.2 Å². The molecule has 0 heterocycles. The van der Waals surface area contributed by atoms with E-state index in [1.165, 1.54) is 32.6 Å². The lowest BCUT2D eigenvalue weighted by atomic mass is 10.2. The molecular weight excluding hydrogens is 247 g/mol. The molecule has 0 aromatic heterocycles. The summed E-state index contributed by atoms with van der Waals surface area (Å²) in [6.07, 6.45) is 5.54. The van der Waals surface area contributed by atoms with E-state index in [2.05, 4.69) is 18.6 Å². The zero-order valence-electron chi connectivity index (χ0n) is 11.2. The van der Waals surface area contributed by atoms with Crippen LogP contribution in [0.2, 0.25) is 0 Å². The predicted octanol–water partition coefficient (Wildman–Crippen LogP) is 4.97. The van der Waals surface area contributed by atoms with Crippen molar-refractivity contribution in [2.75, 3.05) is 6.61 Å². The Labute approximate surface area is 111 Å². The van der Waals surface area contributed by atoms with Gasteiger partial charge in [-0.25, -0.2) is 0 Å². The summed E-state index contributed by atoms with van der Waals surface area (Å²) in [6, 6.07) is 0. The Morgan fingerprint density at radius 3 is 1.50 bits per heavy atom. The largest absolute Gasteiger partial charge is 0.466 e. The summed E-state index contributed by atoms with van der Waals surface area (Å²) < 4.78 is 4.40. The molecule has 0 fully saturated rings. The molecule has 16 heavy (non-hydrogen) atoms. The van der Waals surface area contributed by atoms with E-state index in [0.29, 0.717) is 6.61 Å². The van der Waals surface area contributed by atoms with Gasteiger partial charge in [0, 0.05) is 6.92 Å². The summed E-state index contributed by atoms with van der Waals surface area (Å²) in [5.74, 6) is -0.211. The van der Waals surface area contributed by atoms with Crippen molar-refractivity contribution in [2.24, 2.45) is 0 Å². The van der Waals surface area contributed by atoms with Crippen LogP contribution in [0, 0.1) is 0 Å². The molecule has 0 N–H and O–H groups in total. The van der Waals surface area contributed by atoms with Crippen LogP contribution in [0.15, 0.2) is 0 Å². The molecule has 100 valence electrons. The monoisotopic (exact) mass is 272 g/mol. The average Bonchev–Trinajstić information content (AvgIpc) is 2.14. The van der Waals surface area contributed by atoms with Gasteiger partial charge in [0.25, 0.3) is 0 Å². The number of carbonyl (C=O) groups excluding carboxylic acids is 1. The summed E-state index contributed by atoms with van der Waals surface area (Å²) in [5, 5.41) is 0. The second-order valence-electron chi connectivity index (χ2n) is 3.15. The Morgan fingerprint density at radius 2 is 1.44 bits per heavy atom. The van der Waals surface area contributed by atoms with Crippen molar-refractivity contribution in [3.8, 4) is 0 Å². The highest BCUT2D eigenvalue weighted by Crippen LogP contribution is 1.95. The fraction of sp³-hybridized carbons (Fsp3) is 0.917. The maximum atomic E-state index is 9.82. The van der Waals surface area contributed by atoms with Crippen molar-refractivity contribution in [2.45, 2.75) is 65.1 Å².